The highest BCUT2D eigenvalue weighted by atomic mass is 19.1. The summed E-state index contributed by atoms with van der Waals surface area (Å²) in [5.74, 6) is -0.593. The third kappa shape index (κ3) is 4.61. The second-order valence-electron chi connectivity index (χ2n) is 10.3. The van der Waals surface area contributed by atoms with Crippen LogP contribution in [0.2, 0.25) is 0 Å². The highest BCUT2D eigenvalue weighted by Crippen LogP contribution is 2.40. The van der Waals surface area contributed by atoms with Gasteiger partial charge in [0, 0.05) is 40.5 Å². The summed E-state index contributed by atoms with van der Waals surface area (Å²) in [5, 5.41) is 13.8. The number of halogens is 1. The van der Waals surface area contributed by atoms with Crippen LogP contribution in [0.1, 0.15) is 47.7 Å². The van der Waals surface area contributed by atoms with E-state index in [1.807, 2.05) is 28.8 Å². The number of amides is 1. The van der Waals surface area contributed by atoms with E-state index in [9.17, 15) is 19.2 Å². The second-order valence-corrected chi connectivity index (χ2v) is 10.3. The molecule has 0 bridgehead atoms. The summed E-state index contributed by atoms with van der Waals surface area (Å²) >= 11 is 0. The molecule has 5 aromatic rings. The Labute approximate surface area is 234 Å². The molecule has 41 heavy (non-hydrogen) atoms. The molecule has 3 aromatic heterocycles. The van der Waals surface area contributed by atoms with Crippen molar-refractivity contribution < 1.29 is 9.18 Å². The maximum absolute atomic E-state index is 13.4. The zero-order valence-corrected chi connectivity index (χ0v) is 22.0. The molecule has 2 aromatic carbocycles. The molecule has 4 N–H and O–H groups in total. The molecule has 1 amide bonds. The van der Waals surface area contributed by atoms with Crippen LogP contribution in [0.25, 0.3) is 33.5 Å². The minimum absolute atomic E-state index is 0.0901. The van der Waals surface area contributed by atoms with Gasteiger partial charge in [-0.1, -0.05) is 24.3 Å². The lowest BCUT2D eigenvalue weighted by Crippen LogP contribution is -2.29. The number of pyridine rings is 1. The second kappa shape index (κ2) is 10.4. The van der Waals surface area contributed by atoms with Crippen molar-refractivity contribution in [2.24, 2.45) is 11.7 Å². The van der Waals surface area contributed by atoms with Gasteiger partial charge in [-0.3, -0.25) is 14.2 Å². The molecule has 3 heterocycles. The minimum Gasteiger partial charge on any atom is -0.382 e. The molecule has 0 saturated heterocycles. The number of benzene rings is 2. The number of nitrogens with two attached hydrogens (primary N) is 2. The average Bonchev–Trinajstić information content (AvgIpc) is 3.38. The number of nitrogens with zero attached hydrogens (tertiary/aromatic N) is 5. The van der Waals surface area contributed by atoms with Gasteiger partial charge in [0.1, 0.15) is 23.2 Å². The predicted octanol–water partition coefficient (Wildman–Crippen LogP) is 4.83. The zero-order chi connectivity index (χ0) is 28.7. The molecule has 0 spiro atoms. The molecule has 204 valence electrons. The molecule has 0 unspecified atom stereocenters. The Morgan fingerprint density at radius 2 is 1.63 bits per heavy atom. The standard InChI is InChI=1S/C31H26FN7O2/c32-22-9-11-23(12-10-22)38-14-13-24(27(30(35)40)31(38)41)19-5-7-20(8-6-19)25-15-26(21-3-1-18(16-33)2-4-21)39-28(25)29(34)36-17-37-39/h5-15,17-18,21H,1-4H2,(H2,35,40)(H2,34,36,37)/t18-,21+. The quantitative estimate of drug-likeness (QED) is 0.322. The predicted molar refractivity (Wildman–Crippen MR) is 153 cm³/mol. The fourth-order valence-corrected chi connectivity index (χ4v) is 5.77. The lowest BCUT2D eigenvalue weighted by Gasteiger charge is -2.24. The number of anilines is 1. The first-order chi connectivity index (χ1) is 19.9. The summed E-state index contributed by atoms with van der Waals surface area (Å²) in [4.78, 5) is 29.9. The molecule has 1 aliphatic carbocycles. The lowest BCUT2D eigenvalue weighted by atomic mass is 9.81. The molecule has 9 nitrogen and oxygen atoms in total. The average molecular weight is 548 g/mol. The van der Waals surface area contributed by atoms with Crippen LogP contribution in [0.5, 0.6) is 0 Å². The minimum atomic E-state index is -0.857. The van der Waals surface area contributed by atoms with Crippen molar-refractivity contribution in [1.82, 2.24) is 19.2 Å². The van der Waals surface area contributed by atoms with Crippen molar-refractivity contribution in [3.8, 4) is 34.0 Å². The first kappa shape index (κ1) is 26.0. The number of rotatable bonds is 5. The van der Waals surface area contributed by atoms with Crippen molar-refractivity contribution in [3.05, 3.63) is 101 Å². The third-order valence-electron chi connectivity index (χ3n) is 7.89. The summed E-state index contributed by atoms with van der Waals surface area (Å²) in [6, 6.07) is 18.9. The maximum atomic E-state index is 13.4. The Morgan fingerprint density at radius 1 is 0.976 bits per heavy atom. The SMILES string of the molecule is N#C[C@H]1CC[C@@H](c2cc(-c3ccc(-c4ccn(-c5ccc(F)cc5)c(=O)c4C(N)=O)cc3)c3c(N)ncnn32)CC1. The van der Waals surface area contributed by atoms with Gasteiger partial charge >= 0.3 is 0 Å². The summed E-state index contributed by atoms with van der Waals surface area (Å²) < 4.78 is 16.5. The van der Waals surface area contributed by atoms with Gasteiger partial charge in [0.25, 0.3) is 11.5 Å². The fraction of sp³-hybridized carbons (Fsp3) is 0.194. The Morgan fingerprint density at radius 3 is 2.27 bits per heavy atom. The number of hydrogen-bond donors (Lipinski definition) is 2. The van der Waals surface area contributed by atoms with Crippen LogP contribution < -0.4 is 17.0 Å². The summed E-state index contributed by atoms with van der Waals surface area (Å²) in [6.07, 6.45) is 6.47. The normalized spacial score (nSPS) is 16.9. The molecule has 0 aliphatic heterocycles. The first-order valence-corrected chi connectivity index (χ1v) is 13.3. The van der Waals surface area contributed by atoms with Crippen LogP contribution in [0.3, 0.4) is 0 Å². The molecular formula is C31H26FN7O2. The van der Waals surface area contributed by atoms with E-state index >= 15 is 0 Å². The largest absolute Gasteiger partial charge is 0.382 e. The number of carbonyl (C=O) groups is 1. The van der Waals surface area contributed by atoms with Crippen molar-refractivity contribution in [2.45, 2.75) is 31.6 Å². The summed E-state index contributed by atoms with van der Waals surface area (Å²) in [6.45, 7) is 0. The monoisotopic (exact) mass is 547 g/mol. The van der Waals surface area contributed by atoms with E-state index in [4.69, 9.17) is 11.5 Å². The maximum Gasteiger partial charge on any atom is 0.268 e. The fourth-order valence-electron chi connectivity index (χ4n) is 5.77. The number of carbonyl (C=O) groups excluding carboxylic acids is 1. The number of hydrogen-bond acceptors (Lipinski definition) is 6. The van der Waals surface area contributed by atoms with Crippen LogP contribution in [-0.2, 0) is 0 Å². The van der Waals surface area contributed by atoms with Gasteiger partial charge in [-0.25, -0.2) is 13.9 Å². The molecule has 6 rings (SSSR count). The third-order valence-corrected chi connectivity index (χ3v) is 7.89. The van der Waals surface area contributed by atoms with Gasteiger partial charge < -0.3 is 11.5 Å². The van der Waals surface area contributed by atoms with E-state index < -0.39 is 17.3 Å². The van der Waals surface area contributed by atoms with Crippen molar-refractivity contribution in [2.75, 3.05) is 5.73 Å². The van der Waals surface area contributed by atoms with E-state index in [2.05, 4.69) is 22.2 Å². The van der Waals surface area contributed by atoms with Crippen LogP contribution in [-0.4, -0.2) is 25.1 Å². The van der Waals surface area contributed by atoms with Gasteiger partial charge in [0.15, 0.2) is 5.82 Å². The molecule has 0 atom stereocenters. The Hall–Kier alpha value is -5.30. The Balaban J connectivity index is 1.39. The first-order valence-electron chi connectivity index (χ1n) is 13.3. The molecule has 1 saturated carbocycles. The van der Waals surface area contributed by atoms with E-state index in [1.165, 1.54) is 41.4 Å². The van der Waals surface area contributed by atoms with E-state index in [1.54, 1.807) is 6.07 Å². The molecular weight excluding hydrogens is 521 g/mol. The van der Waals surface area contributed by atoms with Crippen molar-refractivity contribution >= 4 is 17.2 Å². The van der Waals surface area contributed by atoms with Gasteiger partial charge in [0.05, 0.1) is 6.07 Å². The van der Waals surface area contributed by atoms with Crippen molar-refractivity contribution in [1.29, 1.82) is 5.26 Å². The highest BCUT2D eigenvalue weighted by molar-refractivity contribution is 5.99. The van der Waals surface area contributed by atoms with E-state index in [0.29, 0.717) is 28.1 Å². The number of primary amides is 1. The Kier molecular flexibility index (Phi) is 6.55. The van der Waals surface area contributed by atoms with Crippen LogP contribution in [0.15, 0.2) is 78.0 Å². The molecule has 10 heteroatoms. The van der Waals surface area contributed by atoms with Gasteiger partial charge in [-0.15, -0.1) is 0 Å². The molecule has 1 aliphatic rings. The number of aromatic nitrogens is 4. The van der Waals surface area contributed by atoms with Gasteiger partial charge in [0.2, 0.25) is 0 Å². The van der Waals surface area contributed by atoms with Crippen molar-refractivity contribution in [3.63, 3.8) is 0 Å². The van der Waals surface area contributed by atoms with Crippen LogP contribution in [0.4, 0.5) is 10.2 Å². The van der Waals surface area contributed by atoms with Crippen LogP contribution >= 0.6 is 0 Å². The smallest absolute Gasteiger partial charge is 0.268 e. The van der Waals surface area contributed by atoms with Crippen LogP contribution in [0, 0.1) is 23.1 Å². The van der Waals surface area contributed by atoms with E-state index in [-0.39, 0.29) is 17.4 Å². The van der Waals surface area contributed by atoms with Gasteiger partial charge in [-0.2, -0.15) is 10.4 Å². The zero-order valence-electron chi connectivity index (χ0n) is 22.0. The topological polar surface area (TPSA) is 145 Å². The highest BCUT2D eigenvalue weighted by Gasteiger charge is 2.27. The Bertz CT molecular complexity index is 1880. The van der Waals surface area contributed by atoms with Gasteiger partial charge in [-0.05, 0) is 73.2 Å². The van der Waals surface area contributed by atoms with E-state index in [0.717, 1.165) is 42.5 Å². The number of fused-ring (bicyclic) bond motifs is 1. The molecule has 0 radical (unpaired) electrons. The lowest BCUT2D eigenvalue weighted by molar-refractivity contribution is 0.0999. The summed E-state index contributed by atoms with van der Waals surface area (Å²) in [5.41, 5.74) is 16.1. The molecule has 1 fully saturated rings. The number of nitrogen functional groups attached to an aromatic ring is 1. The summed E-state index contributed by atoms with van der Waals surface area (Å²) in [7, 11) is 0. The number of nitriles is 1.